The summed E-state index contributed by atoms with van der Waals surface area (Å²) in [7, 11) is 0. The predicted molar refractivity (Wildman–Crippen MR) is 118 cm³/mol. The molecule has 1 amide bonds. The molecular weight excluding hydrogens is 418 g/mol. The van der Waals surface area contributed by atoms with Gasteiger partial charge in [-0.15, -0.1) is 10.2 Å². The average Bonchev–Trinajstić information content (AvgIpc) is 3.26. The van der Waals surface area contributed by atoms with Gasteiger partial charge < -0.3 is 15.9 Å². The maximum atomic E-state index is 12.3. The third-order valence-corrected chi connectivity index (χ3v) is 5.01. The SMILES string of the molecule is CCOC(=O)/C=C/c1ccc(NC(=O)CSc2nnc(-n3nc(C)cc3C)n2N)cc1. The first-order chi connectivity index (χ1) is 14.9. The molecule has 0 spiro atoms. The molecule has 0 unspecified atom stereocenters. The number of hydrogen-bond donors (Lipinski definition) is 2. The van der Waals surface area contributed by atoms with Gasteiger partial charge >= 0.3 is 5.97 Å². The van der Waals surface area contributed by atoms with Crippen LogP contribution in [0.3, 0.4) is 0 Å². The number of nitrogens with zero attached hydrogens (tertiary/aromatic N) is 5. The number of hydrogen-bond acceptors (Lipinski definition) is 8. The molecule has 3 aromatic rings. The van der Waals surface area contributed by atoms with E-state index in [2.05, 4.69) is 20.6 Å². The third kappa shape index (κ3) is 5.72. The van der Waals surface area contributed by atoms with E-state index in [1.165, 1.54) is 22.5 Å². The average molecular weight is 442 g/mol. The lowest BCUT2D eigenvalue weighted by Gasteiger charge is -2.06. The van der Waals surface area contributed by atoms with Crippen LogP contribution in [0.1, 0.15) is 23.9 Å². The van der Waals surface area contributed by atoms with Crippen LogP contribution >= 0.6 is 11.8 Å². The van der Waals surface area contributed by atoms with Crippen molar-refractivity contribution in [1.82, 2.24) is 24.7 Å². The number of carbonyl (C=O) groups excluding carboxylic acids is 2. The van der Waals surface area contributed by atoms with E-state index in [0.29, 0.717) is 23.4 Å². The molecule has 3 N–H and O–H groups in total. The Morgan fingerprint density at radius 3 is 2.61 bits per heavy atom. The summed E-state index contributed by atoms with van der Waals surface area (Å²) < 4.78 is 7.74. The number of carbonyl (C=O) groups is 2. The minimum Gasteiger partial charge on any atom is -0.463 e. The Bertz CT molecular complexity index is 1100. The number of nitrogens with one attached hydrogen (secondary N) is 1. The number of nitrogen functional groups attached to an aromatic ring is 1. The van der Waals surface area contributed by atoms with Crippen LogP contribution < -0.4 is 11.2 Å². The molecule has 0 saturated heterocycles. The number of aromatic nitrogens is 5. The minimum atomic E-state index is -0.398. The van der Waals surface area contributed by atoms with Gasteiger partial charge in [-0.25, -0.2) is 14.2 Å². The second kappa shape index (κ2) is 9.94. The first-order valence-electron chi connectivity index (χ1n) is 9.49. The summed E-state index contributed by atoms with van der Waals surface area (Å²) >= 11 is 1.17. The number of nitrogens with two attached hydrogens (primary N) is 1. The van der Waals surface area contributed by atoms with Crippen LogP contribution in [-0.2, 0) is 14.3 Å². The van der Waals surface area contributed by atoms with Crippen LogP contribution in [0.4, 0.5) is 5.69 Å². The number of thioether (sulfide) groups is 1. The largest absolute Gasteiger partial charge is 0.463 e. The zero-order valence-electron chi connectivity index (χ0n) is 17.4. The minimum absolute atomic E-state index is 0.108. The van der Waals surface area contributed by atoms with Gasteiger partial charge in [0.05, 0.1) is 18.1 Å². The van der Waals surface area contributed by atoms with Gasteiger partial charge in [0.15, 0.2) is 0 Å². The number of ether oxygens (including phenoxy) is 1. The number of benzene rings is 1. The first kappa shape index (κ1) is 22.1. The molecule has 0 radical (unpaired) electrons. The fourth-order valence-electron chi connectivity index (χ4n) is 2.70. The highest BCUT2D eigenvalue weighted by atomic mass is 32.2. The van der Waals surface area contributed by atoms with Crippen LogP contribution in [0.25, 0.3) is 12.0 Å². The van der Waals surface area contributed by atoms with Crippen molar-refractivity contribution in [2.24, 2.45) is 0 Å². The Morgan fingerprint density at radius 1 is 1.23 bits per heavy atom. The highest BCUT2D eigenvalue weighted by molar-refractivity contribution is 7.99. The molecule has 162 valence electrons. The zero-order valence-corrected chi connectivity index (χ0v) is 18.2. The van der Waals surface area contributed by atoms with Crippen molar-refractivity contribution >= 4 is 35.4 Å². The molecule has 3 rings (SSSR count). The predicted octanol–water partition coefficient (Wildman–Crippen LogP) is 2.10. The van der Waals surface area contributed by atoms with E-state index < -0.39 is 5.97 Å². The molecule has 2 aromatic heterocycles. The van der Waals surface area contributed by atoms with Gasteiger partial charge in [0, 0.05) is 17.5 Å². The monoisotopic (exact) mass is 441 g/mol. The van der Waals surface area contributed by atoms with Gasteiger partial charge in [-0.2, -0.15) is 5.10 Å². The van der Waals surface area contributed by atoms with E-state index in [0.717, 1.165) is 17.0 Å². The van der Waals surface area contributed by atoms with Gasteiger partial charge in [0.25, 0.3) is 5.95 Å². The van der Waals surface area contributed by atoms with Crippen LogP contribution in [0.2, 0.25) is 0 Å². The summed E-state index contributed by atoms with van der Waals surface area (Å²) in [5, 5.41) is 15.7. The lowest BCUT2D eigenvalue weighted by Crippen LogP contribution is -2.18. The summed E-state index contributed by atoms with van der Waals surface area (Å²) in [6.45, 7) is 5.85. The van der Waals surface area contributed by atoms with E-state index in [-0.39, 0.29) is 11.7 Å². The first-order valence-corrected chi connectivity index (χ1v) is 10.5. The smallest absolute Gasteiger partial charge is 0.330 e. The summed E-state index contributed by atoms with van der Waals surface area (Å²) in [6, 6.07) is 8.98. The van der Waals surface area contributed by atoms with Gasteiger partial charge in [-0.3, -0.25) is 4.79 Å². The highest BCUT2D eigenvalue weighted by Crippen LogP contribution is 2.18. The molecule has 10 nitrogen and oxygen atoms in total. The molecular formula is C20H23N7O3S. The third-order valence-electron chi connectivity index (χ3n) is 4.07. The Hall–Kier alpha value is -3.60. The number of anilines is 1. The van der Waals surface area contributed by atoms with E-state index in [9.17, 15) is 9.59 Å². The number of amides is 1. The Balaban J connectivity index is 1.55. The lowest BCUT2D eigenvalue weighted by molar-refractivity contribution is -0.137. The molecule has 31 heavy (non-hydrogen) atoms. The van der Waals surface area contributed by atoms with Crippen molar-refractivity contribution < 1.29 is 14.3 Å². The highest BCUT2D eigenvalue weighted by Gasteiger charge is 2.16. The normalized spacial score (nSPS) is 11.1. The van der Waals surface area contributed by atoms with Crippen LogP contribution in [0.5, 0.6) is 0 Å². The second-order valence-corrected chi connectivity index (χ2v) is 7.48. The summed E-state index contributed by atoms with van der Waals surface area (Å²) in [6.07, 6.45) is 3.00. The quantitative estimate of drug-likeness (QED) is 0.235. The molecule has 0 atom stereocenters. The molecule has 0 aliphatic carbocycles. The van der Waals surface area contributed by atoms with Crippen molar-refractivity contribution in [1.29, 1.82) is 0 Å². The Kier molecular flexibility index (Phi) is 7.08. The van der Waals surface area contributed by atoms with Crippen molar-refractivity contribution in [2.45, 2.75) is 25.9 Å². The van der Waals surface area contributed by atoms with Crippen molar-refractivity contribution in [2.75, 3.05) is 23.5 Å². The fourth-order valence-corrected chi connectivity index (χ4v) is 3.35. The molecule has 0 aliphatic heterocycles. The van der Waals surface area contributed by atoms with Crippen LogP contribution in [0, 0.1) is 13.8 Å². The standard InChI is InChI=1S/C20H23N7O3S/c1-4-30-18(29)10-7-15-5-8-16(9-6-15)22-17(28)12-31-20-24-23-19(26(20)21)27-14(3)11-13(2)25-27/h5-11H,4,12,21H2,1-3H3,(H,22,28)/b10-7+. The summed E-state index contributed by atoms with van der Waals surface area (Å²) in [5.74, 6) is 5.95. The van der Waals surface area contributed by atoms with Crippen molar-refractivity contribution in [3.63, 3.8) is 0 Å². The van der Waals surface area contributed by atoms with Gasteiger partial charge in [-0.1, -0.05) is 23.9 Å². The lowest BCUT2D eigenvalue weighted by atomic mass is 10.2. The van der Waals surface area contributed by atoms with E-state index >= 15 is 0 Å². The van der Waals surface area contributed by atoms with Crippen LogP contribution in [-0.4, -0.2) is 48.9 Å². The summed E-state index contributed by atoms with van der Waals surface area (Å²) in [4.78, 5) is 23.6. The van der Waals surface area contributed by atoms with E-state index in [1.807, 2.05) is 19.9 Å². The second-order valence-electron chi connectivity index (χ2n) is 6.54. The molecule has 0 fully saturated rings. The summed E-state index contributed by atoms with van der Waals surface area (Å²) in [5.41, 5.74) is 3.17. The van der Waals surface area contributed by atoms with Gasteiger partial charge in [0.1, 0.15) is 0 Å². The molecule has 2 heterocycles. The molecule has 11 heteroatoms. The molecule has 0 saturated carbocycles. The van der Waals surface area contributed by atoms with Gasteiger partial charge in [-0.05, 0) is 50.6 Å². The number of rotatable bonds is 8. The maximum Gasteiger partial charge on any atom is 0.330 e. The molecule has 1 aromatic carbocycles. The van der Waals surface area contributed by atoms with E-state index in [1.54, 1.807) is 41.9 Å². The fraction of sp³-hybridized carbons (Fsp3) is 0.250. The van der Waals surface area contributed by atoms with E-state index in [4.69, 9.17) is 10.6 Å². The number of aryl methyl sites for hydroxylation is 2. The van der Waals surface area contributed by atoms with Crippen molar-refractivity contribution in [3.05, 3.63) is 53.4 Å². The Morgan fingerprint density at radius 2 is 1.97 bits per heavy atom. The van der Waals surface area contributed by atoms with Crippen LogP contribution in [0.15, 0.2) is 41.6 Å². The topological polar surface area (TPSA) is 130 Å². The van der Waals surface area contributed by atoms with Gasteiger partial charge in [0.2, 0.25) is 11.1 Å². The maximum absolute atomic E-state index is 12.3. The Labute approximate surface area is 183 Å². The van der Waals surface area contributed by atoms with Crippen molar-refractivity contribution in [3.8, 4) is 5.95 Å². The number of esters is 1. The molecule has 0 aliphatic rings. The molecule has 0 bridgehead atoms. The zero-order chi connectivity index (χ0) is 22.4.